The highest BCUT2D eigenvalue weighted by Crippen LogP contribution is 2.58. The number of carbonyl (C=O) groups is 2. The molecule has 1 saturated carbocycles. The summed E-state index contributed by atoms with van der Waals surface area (Å²) in [6.45, 7) is 5.23. The third-order valence-corrected chi connectivity index (χ3v) is 4.60. The van der Waals surface area contributed by atoms with Gasteiger partial charge < -0.3 is 19.6 Å². The largest absolute Gasteiger partial charge is 0.496 e. The molecule has 25 heavy (non-hydrogen) atoms. The minimum Gasteiger partial charge on any atom is -0.496 e. The molecule has 0 saturated heterocycles. The van der Waals surface area contributed by atoms with Crippen molar-refractivity contribution >= 4 is 17.6 Å². The number of anilines is 1. The predicted molar refractivity (Wildman–Crippen MR) is 88.0 cm³/mol. The summed E-state index contributed by atoms with van der Waals surface area (Å²) in [5.74, 6) is -1.31. The summed E-state index contributed by atoms with van der Waals surface area (Å²) in [5.41, 5.74) is 0.490. The number of methoxy groups -OCH3 is 1. The monoisotopic (exact) mass is 345 g/mol. The number of nitrogens with zero attached hydrogens (tertiary/aromatic N) is 2. The number of carboxylic acids is 1. The highest BCUT2D eigenvalue weighted by molar-refractivity contribution is 6.00. The number of hydrogen-bond acceptors (Lipinski definition) is 6. The van der Waals surface area contributed by atoms with Crippen molar-refractivity contribution in [2.75, 3.05) is 12.4 Å². The van der Waals surface area contributed by atoms with E-state index < -0.39 is 23.2 Å². The van der Waals surface area contributed by atoms with E-state index in [4.69, 9.17) is 9.15 Å². The Labute approximate surface area is 144 Å². The van der Waals surface area contributed by atoms with Gasteiger partial charge in [0, 0.05) is 12.6 Å². The molecule has 1 aliphatic carbocycles. The van der Waals surface area contributed by atoms with E-state index in [-0.39, 0.29) is 11.8 Å². The normalized spacial score (nSPS) is 20.8. The molecule has 1 aromatic carbocycles. The van der Waals surface area contributed by atoms with Gasteiger partial charge in [-0.15, -0.1) is 10.2 Å². The number of aliphatic carboxylic acids is 1. The van der Waals surface area contributed by atoms with E-state index in [1.165, 1.54) is 7.11 Å². The van der Waals surface area contributed by atoms with E-state index >= 15 is 0 Å². The molecule has 2 atom stereocenters. The highest BCUT2D eigenvalue weighted by atomic mass is 16.5. The number of aromatic nitrogens is 2. The molecule has 0 aliphatic heterocycles. The Morgan fingerprint density at radius 3 is 2.52 bits per heavy atom. The van der Waals surface area contributed by atoms with Crippen molar-refractivity contribution < 1.29 is 23.8 Å². The van der Waals surface area contributed by atoms with Crippen LogP contribution in [0.1, 0.15) is 19.7 Å². The Hall–Kier alpha value is -2.90. The molecule has 1 heterocycles. The van der Waals surface area contributed by atoms with Crippen LogP contribution in [-0.2, 0) is 9.59 Å². The molecule has 1 aromatic heterocycles. The first-order valence-electron chi connectivity index (χ1n) is 7.78. The lowest BCUT2D eigenvalue weighted by Gasteiger charge is -2.10. The first-order valence-corrected chi connectivity index (χ1v) is 7.78. The molecule has 0 spiro atoms. The standard InChI is InChI=1S/C17H19N3O5/c1-8-19-20-15(25-8)10-7-9(5-6-11(10)24-4)18-14(21)12-13(16(22)23)17(12,2)3/h5-7,12-13H,1-4H3,(H,18,21)(H,22,23)/t12-,13+/m1/s1. The molecule has 1 fully saturated rings. The van der Waals surface area contributed by atoms with E-state index in [0.717, 1.165) is 0 Å². The molecular formula is C17H19N3O5. The number of nitrogens with one attached hydrogen (secondary N) is 1. The first-order chi connectivity index (χ1) is 11.8. The van der Waals surface area contributed by atoms with Gasteiger partial charge in [-0.25, -0.2) is 0 Å². The fraction of sp³-hybridized carbons (Fsp3) is 0.412. The van der Waals surface area contributed by atoms with Crippen LogP contribution in [0.15, 0.2) is 22.6 Å². The van der Waals surface area contributed by atoms with Crippen LogP contribution in [0.5, 0.6) is 5.75 Å². The minimum absolute atomic E-state index is 0.278. The zero-order valence-corrected chi connectivity index (χ0v) is 14.4. The van der Waals surface area contributed by atoms with E-state index in [9.17, 15) is 14.7 Å². The molecule has 0 bridgehead atoms. The number of benzene rings is 1. The fourth-order valence-corrected chi connectivity index (χ4v) is 3.17. The van der Waals surface area contributed by atoms with Crippen LogP contribution in [0.3, 0.4) is 0 Å². The van der Waals surface area contributed by atoms with Crippen LogP contribution in [0.25, 0.3) is 11.5 Å². The van der Waals surface area contributed by atoms with Crippen molar-refractivity contribution in [1.29, 1.82) is 0 Å². The zero-order valence-electron chi connectivity index (χ0n) is 14.4. The number of hydrogen-bond donors (Lipinski definition) is 2. The Kier molecular flexibility index (Phi) is 3.98. The molecule has 2 N–H and O–H groups in total. The number of amides is 1. The smallest absolute Gasteiger partial charge is 0.307 e. The molecule has 8 nitrogen and oxygen atoms in total. The van der Waals surface area contributed by atoms with Crippen molar-refractivity contribution in [3.05, 3.63) is 24.1 Å². The molecule has 1 amide bonds. The first kappa shape index (κ1) is 16.9. The fourth-order valence-electron chi connectivity index (χ4n) is 3.17. The van der Waals surface area contributed by atoms with Crippen LogP contribution in [0.4, 0.5) is 5.69 Å². The maximum absolute atomic E-state index is 12.5. The van der Waals surface area contributed by atoms with Crippen LogP contribution in [-0.4, -0.2) is 34.3 Å². The third-order valence-electron chi connectivity index (χ3n) is 4.60. The summed E-state index contributed by atoms with van der Waals surface area (Å²) in [6, 6.07) is 5.01. The van der Waals surface area contributed by atoms with Crippen molar-refractivity contribution in [1.82, 2.24) is 10.2 Å². The molecule has 3 rings (SSSR count). The average Bonchev–Trinajstić information content (AvgIpc) is 2.89. The topological polar surface area (TPSA) is 115 Å². The second-order valence-electron chi connectivity index (χ2n) is 6.65. The summed E-state index contributed by atoms with van der Waals surface area (Å²) in [4.78, 5) is 23.7. The zero-order chi connectivity index (χ0) is 18.4. The van der Waals surface area contributed by atoms with Crippen molar-refractivity contribution in [3.63, 3.8) is 0 Å². The lowest BCUT2D eigenvalue weighted by atomic mass is 10.1. The number of rotatable bonds is 5. The van der Waals surface area contributed by atoms with Gasteiger partial charge in [0.1, 0.15) is 5.75 Å². The van der Waals surface area contributed by atoms with Crippen molar-refractivity contribution in [2.45, 2.75) is 20.8 Å². The van der Waals surface area contributed by atoms with Gasteiger partial charge in [0.15, 0.2) is 0 Å². The van der Waals surface area contributed by atoms with E-state index in [1.807, 2.05) is 0 Å². The summed E-state index contributed by atoms with van der Waals surface area (Å²) >= 11 is 0. The molecule has 2 aromatic rings. The van der Waals surface area contributed by atoms with Crippen molar-refractivity contribution in [3.8, 4) is 17.2 Å². The van der Waals surface area contributed by atoms with Gasteiger partial charge in [0.2, 0.25) is 11.8 Å². The van der Waals surface area contributed by atoms with E-state index in [1.54, 1.807) is 39.0 Å². The Balaban J connectivity index is 1.84. The van der Waals surface area contributed by atoms with Crippen molar-refractivity contribution in [2.24, 2.45) is 17.3 Å². The Bertz CT molecular complexity index is 843. The number of carboxylic acid groups (broad SMARTS) is 1. The molecule has 0 radical (unpaired) electrons. The average molecular weight is 345 g/mol. The van der Waals surface area contributed by atoms with Gasteiger partial charge in [-0.05, 0) is 23.6 Å². The highest BCUT2D eigenvalue weighted by Gasteiger charge is 2.65. The molecule has 1 aliphatic rings. The Morgan fingerprint density at radius 1 is 1.28 bits per heavy atom. The van der Waals surface area contributed by atoms with Gasteiger partial charge in [-0.1, -0.05) is 13.8 Å². The van der Waals surface area contributed by atoms with E-state index in [2.05, 4.69) is 15.5 Å². The molecule has 0 unspecified atom stereocenters. The maximum Gasteiger partial charge on any atom is 0.307 e. The molecule has 8 heteroatoms. The van der Waals surface area contributed by atoms with Gasteiger partial charge >= 0.3 is 5.97 Å². The lowest BCUT2D eigenvalue weighted by Crippen LogP contribution is -2.17. The van der Waals surface area contributed by atoms with Crippen LogP contribution < -0.4 is 10.1 Å². The summed E-state index contributed by atoms with van der Waals surface area (Å²) in [6.07, 6.45) is 0. The van der Waals surface area contributed by atoms with Crippen LogP contribution >= 0.6 is 0 Å². The van der Waals surface area contributed by atoms with Gasteiger partial charge in [-0.2, -0.15) is 0 Å². The quantitative estimate of drug-likeness (QED) is 0.854. The van der Waals surface area contributed by atoms with E-state index in [0.29, 0.717) is 22.9 Å². The lowest BCUT2D eigenvalue weighted by molar-refractivity contribution is -0.140. The van der Waals surface area contributed by atoms with Crippen LogP contribution in [0, 0.1) is 24.2 Å². The predicted octanol–water partition coefficient (Wildman–Crippen LogP) is 2.35. The van der Waals surface area contributed by atoms with Crippen LogP contribution in [0.2, 0.25) is 0 Å². The van der Waals surface area contributed by atoms with Gasteiger partial charge in [0.05, 0.1) is 24.5 Å². The molecular weight excluding hydrogens is 326 g/mol. The second-order valence-corrected chi connectivity index (χ2v) is 6.65. The molecule has 132 valence electrons. The second kappa shape index (κ2) is 5.87. The van der Waals surface area contributed by atoms with Gasteiger partial charge in [-0.3, -0.25) is 9.59 Å². The maximum atomic E-state index is 12.5. The minimum atomic E-state index is -0.957. The number of ether oxygens (including phenoxy) is 1. The Morgan fingerprint density at radius 2 is 2.00 bits per heavy atom. The number of carbonyl (C=O) groups excluding carboxylic acids is 1. The number of aryl methyl sites for hydroxylation is 1. The summed E-state index contributed by atoms with van der Waals surface area (Å²) in [7, 11) is 1.52. The summed E-state index contributed by atoms with van der Waals surface area (Å²) < 4.78 is 10.7. The SMILES string of the molecule is COc1ccc(NC(=O)[C@H]2[C@@H](C(=O)O)C2(C)C)cc1-c1nnc(C)o1. The summed E-state index contributed by atoms with van der Waals surface area (Å²) in [5, 5.41) is 19.7. The third kappa shape index (κ3) is 2.95. The van der Waals surface area contributed by atoms with Gasteiger partial charge in [0.25, 0.3) is 5.89 Å².